The molecule has 5 aromatic rings. The van der Waals surface area contributed by atoms with Crippen LogP contribution in [-0.2, 0) is 11.5 Å². The van der Waals surface area contributed by atoms with Crippen LogP contribution in [-0.4, -0.2) is 36.2 Å². The van der Waals surface area contributed by atoms with Crippen LogP contribution in [0.15, 0.2) is 103 Å². The number of nitrogens with one attached hydrogen (secondary N) is 1. The lowest BCUT2D eigenvalue weighted by Gasteiger charge is -2.15. The van der Waals surface area contributed by atoms with Crippen LogP contribution in [0.2, 0.25) is 25.7 Å². The second-order valence-electron chi connectivity index (χ2n) is 11.4. The van der Waals surface area contributed by atoms with Crippen molar-refractivity contribution in [1.29, 1.82) is 0 Å². The summed E-state index contributed by atoms with van der Waals surface area (Å²) in [5.41, 5.74) is 4.86. The third-order valence-corrected chi connectivity index (χ3v) is 8.61. The van der Waals surface area contributed by atoms with Crippen LogP contribution >= 0.6 is 0 Å². The lowest BCUT2D eigenvalue weighted by Crippen LogP contribution is -2.22. The molecule has 0 fully saturated rings. The molecular formula is C35H35N3O3Si. The van der Waals surface area contributed by atoms with Gasteiger partial charge in [0.25, 0.3) is 5.91 Å². The van der Waals surface area contributed by atoms with Crippen LogP contribution in [0, 0.1) is 0 Å². The minimum Gasteiger partial charge on any atom is -0.360 e. The van der Waals surface area contributed by atoms with Crippen LogP contribution in [0.25, 0.3) is 23.1 Å². The molecule has 0 aliphatic carbocycles. The quantitative estimate of drug-likeness (QED) is 0.0987. The van der Waals surface area contributed by atoms with Gasteiger partial charge in [0.2, 0.25) is 0 Å². The molecule has 0 aliphatic heterocycles. The number of hydrogen-bond acceptors (Lipinski definition) is 4. The molecule has 0 aliphatic rings. The van der Waals surface area contributed by atoms with Gasteiger partial charge in [-0.1, -0.05) is 92.4 Å². The van der Waals surface area contributed by atoms with E-state index in [0.29, 0.717) is 35.7 Å². The van der Waals surface area contributed by atoms with E-state index < -0.39 is 8.07 Å². The van der Waals surface area contributed by atoms with Crippen molar-refractivity contribution >= 4 is 48.5 Å². The van der Waals surface area contributed by atoms with E-state index in [1.165, 1.54) is 0 Å². The summed E-state index contributed by atoms with van der Waals surface area (Å²) in [4.78, 5) is 26.3. The number of ether oxygens (including phenoxy) is 1. The van der Waals surface area contributed by atoms with Crippen LogP contribution in [0.1, 0.15) is 37.5 Å². The summed E-state index contributed by atoms with van der Waals surface area (Å²) < 4.78 is 7.87. The zero-order valence-electron chi connectivity index (χ0n) is 24.2. The summed E-state index contributed by atoms with van der Waals surface area (Å²) in [6, 6.07) is 32.8. The second-order valence-corrected chi connectivity index (χ2v) is 17.1. The number of aromatic nitrogens is 2. The van der Waals surface area contributed by atoms with Crippen molar-refractivity contribution in [2.24, 2.45) is 0 Å². The molecule has 6 nitrogen and oxygen atoms in total. The molecule has 7 heteroatoms. The van der Waals surface area contributed by atoms with Gasteiger partial charge in [0.1, 0.15) is 6.73 Å². The number of ketones is 1. The Morgan fingerprint density at radius 1 is 0.810 bits per heavy atom. The maximum Gasteiger partial charge on any atom is 0.255 e. The molecule has 0 radical (unpaired) electrons. The standard InChI is InChI=1S/C35H35N3O3Si/c1-42(2,3)22-21-41-25-38-33-24-29(18-19-31(33)32(37-38)20-17-26-11-6-4-7-12-26)34(39)28-15-10-16-30(23-28)36-35(40)27-13-8-5-9-14-27/h4-20,23-24H,21-22,25H2,1-3H3,(H,36,40)/b20-17+. The Labute approximate surface area is 247 Å². The molecule has 42 heavy (non-hydrogen) atoms. The van der Waals surface area contributed by atoms with E-state index in [4.69, 9.17) is 9.84 Å². The van der Waals surface area contributed by atoms with Gasteiger partial charge < -0.3 is 10.1 Å². The number of anilines is 1. The van der Waals surface area contributed by atoms with Gasteiger partial charge in [-0.25, -0.2) is 4.68 Å². The summed E-state index contributed by atoms with van der Waals surface area (Å²) >= 11 is 0. The number of fused-ring (bicyclic) bond motifs is 1. The van der Waals surface area contributed by atoms with E-state index in [9.17, 15) is 9.59 Å². The third-order valence-electron chi connectivity index (χ3n) is 6.90. The Morgan fingerprint density at radius 2 is 1.50 bits per heavy atom. The highest BCUT2D eigenvalue weighted by Crippen LogP contribution is 2.25. The minimum absolute atomic E-state index is 0.138. The fourth-order valence-electron chi connectivity index (χ4n) is 4.53. The Kier molecular flexibility index (Phi) is 8.90. The van der Waals surface area contributed by atoms with Crippen molar-refractivity contribution in [3.8, 4) is 0 Å². The highest BCUT2D eigenvalue weighted by molar-refractivity contribution is 6.76. The molecule has 4 aromatic carbocycles. The first kappa shape index (κ1) is 28.9. The maximum absolute atomic E-state index is 13.6. The smallest absolute Gasteiger partial charge is 0.255 e. The minimum atomic E-state index is -1.23. The molecule has 1 aromatic heterocycles. The van der Waals surface area contributed by atoms with Crippen LogP contribution in [0.3, 0.4) is 0 Å². The molecule has 0 unspecified atom stereocenters. The van der Waals surface area contributed by atoms with Gasteiger partial charge in [-0.05, 0) is 54.1 Å². The maximum atomic E-state index is 13.6. The summed E-state index contributed by atoms with van der Waals surface area (Å²) in [5, 5.41) is 8.67. The van der Waals surface area contributed by atoms with Gasteiger partial charge in [0.05, 0.1) is 11.2 Å². The Hall–Kier alpha value is -4.59. The number of hydrogen-bond donors (Lipinski definition) is 1. The number of nitrogens with zero attached hydrogens (tertiary/aromatic N) is 2. The fourth-order valence-corrected chi connectivity index (χ4v) is 5.29. The van der Waals surface area contributed by atoms with Crippen molar-refractivity contribution in [2.75, 3.05) is 11.9 Å². The predicted octanol–water partition coefficient (Wildman–Crippen LogP) is 8.00. The summed E-state index contributed by atoms with van der Waals surface area (Å²) in [7, 11) is -1.23. The van der Waals surface area contributed by atoms with Gasteiger partial charge in [-0.2, -0.15) is 5.10 Å². The highest BCUT2D eigenvalue weighted by Gasteiger charge is 2.16. The molecule has 1 heterocycles. The molecule has 0 bridgehead atoms. The van der Waals surface area contributed by atoms with Gasteiger partial charge in [0.15, 0.2) is 5.78 Å². The SMILES string of the molecule is C[Si](C)(C)CCOCn1nc(/C=C/c2ccccc2)c2ccc(C(=O)c3cccc(NC(=O)c4ccccc4)c3)cc21. The van der Waals surface area contributed by atoms with Crippen molar-refractivity contribution < 1.29 is 14.3 Å². The average Bonchev–Trinajstić information content (AvgIpc) is 3.35. The molecular weight excluding hydrogens is 538 g/mol. The van der Waals surface area contributed by atoms with Gasteiger partial charge >= 0.3 is 0 Å². The van der Waals surface area contributed by atoms with E-state index >= 15 is 0 Å². The van der Waals surface area contributed by atoms with Crippen LogP contribution in [0.5, 0.6) is 0 Å². The molecule has 212 valence electrons. The van der Waals surface area contributed by atoms with E-state index in [-0.39, 0.29) is 11.7 Å². The Balaban J connectivity index is 1.41. The van der Waals surface area contributed by atoms with E-state index in [1.54, 1.807) is 36.4 Å². The normalized spacial score (nSPS) is 11.7. The van der Waals surface area contributed by atoms with Crippen molar-refractivity contribution in [2.45, 2.75) is 32.4 Å². The molecule has 0 saturated carbocycles. The fraction of sp³-hybridized carbons (Fsp3) is 0.171. The first-order valence-corrected chi connectivity index (χ1v) is 17.8. The van der Waals surface area contributed by atoms with Crippen molar-refractivity contribution in [3.05, 3.63) is 131 Å². The third kappa shape index (κ3) is 7.37. The lowest BCUT2D eigenvalue weighted by atomic mass is 10.0. The number of carbonyl (C=O) groups is 2. The summed E-state index contributed by atoms with van der Waals surface area (Å²) in [6.07, 6.45) is 4.03. The summed E-state index contributed by atoms with van der Waals surface area (Å²) in [6.45, 7) is 7.95. The lowest BCUT2D eigenvalue weighted by molar-refractivity contribution is 0.0816. The average molecular weight is 574 g/mol. The molecule has 5 rings (SSSR count). The molecule has 0 saturated heterocycles. The van der Waals surface area contributed by atoms with Gasteiger partial charge in [0, 0.05) is 42.4 Å². The molecule has 0 spiro atoms. The zero-order chi connectivity index (χ0) is 29.5. The first-order valence-electron chi connectivity index (χ1n) is 14.1. The summed E-state index contributed by atoms with van der Waals surface area (Å²) in [5.74, 6) is -0.364. The Morgan fingerprint density at radius 3 is 2.24 bits per heavy atom. The molecule has 1 amide bonds. The zero-order valence-corrected chi connectivity index (χ0v) is 25.2. The van der Waals surface area contributed by atoms with E-state index in [0.717, 1.165) is 28.2 Å². The number of benzene rings is 4. The van der Waals surface area contributed by atoms with Crippen LogP contribution in [0.4, 0.5) is 5.69 Å². The monoisotopic (exact) mass is 573 g/mol. The van der Waals surface area contributed by atoms with Crippen LogP contribution < -0.4 is 5.32 Å². The molecule has 1 N–H and O–H groups in total. The van der Waals surface area contributed by atoms with E-state index in [1.807, 2.05) is 83.6 Å². The second kappa shape index (κ2) is 12.9. The Bertz CT molecular complexity index is 1720. The topological polar surface area (TPSA) is 73.2 Å². The highest BCUT2D eigenvalue weighted by atomic mass is 28.3. The number of carbonyl (C=O) groups excluding carboxylic acids is 2. The largest absolute Gasteiger partial charge is 0.360 e. The number of rotatable bonds is 11. The van der Waals surface area contributed by atoms with Crippen molar-refractivity contribution in [3.63, 3.8) is 0 Å². The molecule has 0 atom stereocenters. The van der Waals surface area contributed by atoms with Gasteiger partial charge in [-0.15, -0.1) is 0 Å². The first-order chi connectivity index (χ1) is 20.3. The number of amides is 1. The van der Waals surface area contributed by atoms with E-state index in [2.05, 4.69) is 25.0 Å². The van der Waals surface area contributed by atoms with Crippen molar-refractivity contribution in [1.82, 2.24) is 9.78 Å². The predicted molar refractivity (Wildman–Crippen MR) is 173 cm³/mol. The van der Waals surface area contributed by atoms with Gasteiger partial charge in [-0.3, -0.25) is 9.59 Å².